The lowest BCUT2D eigenvalue weighted by molar-refractivity contribution is 0.102. The molecule has 0 bridgehead atoms. The molecule has 2 rings (SSSR count). The average molecular weight is 284 g/mol. The highest BCUT2D eigenvalue weighted by Gasteiger charge is 2.09. The Morgan fingerprint density at radius 1 is 1.10 bits per heavy atom. The molecule has 21 heavy (non-hydrogen) atoms. The van der Waals surface area contributed by atoms with E-state index in [1.807, 2.05) is 38.1 Å². The fourth-order valence-corrected chi connectivity index (χ4v) is 1.85. The second-order valence-electron chi connectivity index (χ2n) is 5.11. The van der Waals surface area contributed by atoms with Crippen molar-refractivity contribution in [2.24, 2.45) is 0 Å². The van der Waals surface area contributed by atoms with E-state index in [2.05, 4.69) is 27.8 Å². The maximum Gasteiger partial charge on any atom is 0.276 e. The number of hydrogen-bond acceptors (Lipinski definition) is 4. The van der Waals surface area contributed by atoms with Gasteiger partial charge in [-0.05, 0) is 50.1 Å². The number of carbonyl (C=O) groups excluding carboxylic acids is 1. The molecule has 0 unspecified atom stereocenters. The number of aromatic nitrogens is 2. The first-order valence-corrected chi connectivity index (χ1v) is 7.09. The number of benzene rings is 1. The number of carbonyl (C=O) groups is 1. The smallest absolute Gasteiger partial charge is 0.276 e. The zero-order valence-corrected chi connectivity index (χ0v) is 12.6. The molecule has 5 heteroatoms. The van der Waals surface area contributed by atoms with E-state index in [0.717, 1.165) is 12.1 Å². The van der Waals surface area contributed by atoms with E-state index < -0.39 is 0 Å². The van der Waals surface area contributed by atoms with Gasteiger partial charge in [0, 0.05) is 11.7 Å². The van der Waals surface area contributed by atoms with Crippen molar-refractivity contribution in [3.05, 3.63) is 47.7 Å². The molecule has 0 radical (unpaired) electrons. The van der Waals surface area contributed by atoms with Crippen molar-refractivity contribution in [1.29, 1.82) is 0 Å². The summed E-state index contributed by atoms with van der Waals surface area (Å²) >= 11 is 0. The van der Waals surface area contributed by atoms with Gasteiger partial charge in [-0.15, -0.1) is 10.2 Å². The Hall–Kier alpha value is -2.43. The first-order valence-electron chi connectivity index (χ1n) is 7.09. The normalized spacial score (nSPS) is 10.5. The second-order valence-corrected chi connectivity index (χ2v) is 5.11. The molecule has 110 valence electrons. The van der Waals surface area contributed by atoms with Crippen LogP contribution < -0.4 is 10.6 Å². The minimum Gasteiger partial charge on any atom is -0.366 e. The number of amides is 1. The van der Waals surface area contributed by atoms with Crippen molar-refractivity contribution >= 4 is 17.4 Å². The first kappa shape index (κ1) is 15.0. The molecule has 0 spiro atoms. The number of nitrogens with zero attached hydrogens (tertiary/aromatic N) is 2. The lowest BCUT2D eigenvalue weighted by Gasteiger charge is -2.08. The van der Waals surface area contributed by atoms with E-state index in [-0.39, 0.29) is 11.9 Å². The minimum absolute atomic E-state index is 0.261. The van der Waals surface area contributed by atoms with E-state index >= 15 is 0 Å². The lowest BCUT2D eigenvalue weighted by Crippen LogP contribution is -2.16. The first-order chi connectivity index (χ1) is 10.1. The predicted octanol–water partition coefficient (Wildman–Crippen LogP) is 3.11. The third kappa shape index (κ3) is 4.27. The van der Waals surface area contributed by atoms with Crippen molar-refractivity contribution in [3.8, 4) is 0 Å². The molecule has 0 saturated carbocycles. The topological polar surface area (TPSA) is 66.9 Å². The van der Waals surface area contributed by atoms with Crippen LogP contribution in [0.2, 0.25) is 0 Å². The van der Waals surface area contributed by atoms with E-state index in [4.69, 9.17) is 0 Å². The summed E-state index contributed by atoms with van der Waals surface area (Å²) in [5, 5.41) is 13.9. The van der Waals surface area contributed by atoms with Crippen LogP contribution >= 0.6 is 0 Å². The van der Waals surface area contributed by atoms with Crippen LogP contribution in [0, 0.1) is 0 Å². The van der Waals surface area contributed by atoms with Gasteiger partial charge in [-0.3, -0.25) is 4.79 Å². The Bertz CT molecular complexity index is 591. The van der Waals surface area contributed by atoms with Crippen LogP contribution in [0.3, 0.4) is 0 Å². The van der Waals surface area contributed by atoms with E-state index in [1.165, 1.54) is 5.56 Å². The Balaban J connectivity index is 2.02. The Kier molecular flexibility index (Phi) is 4.87. The molecule has 2 N–H and O–H groups in total. The summed E-state index contributed by atoms with van der Waals surface area (Å²) in [5.41, 5.74) is 2.28. The van der Waals surface area contributed by atoms with E-state index in [0.29, 0.717) is 11.5 Å². The molecule has 0 atom stereocenters. The maximum absolute atomic E-state index is 12.1. The highest BCUT2D eigenvalue weighted by molar-refractivity contribution is 6.02. The van der Waals surface area contributed by atoms with Gasteiger partial charge in [0.15, 0.2) is 5.69 Å². The zero-order chi connectivity index (χ0) is 15.2. The summed E-state index contributed by atoms with van der Waals surface area (Å²) in [6, 6.07) is 11.5. The second kappa shape index (κ2) is 6.83. The molecule has 0 saturated heterocycles. The molecule has 0 aliphatic carbocycles. The van der Waals surface area contributed by atoms with Crippen LogP contribution in [0.4, 0.5) is 11.5 Å². The molecule has 0 aliphatic heterocycles. The molecule has 0 fully saturated rings. The molecule has 1 amide bonds. The van der Waals surface area contributed by atoms with Crippen LogP contribution in [0.25, 0.3) is 0 Å². The summed E-state index contributed by atoms with van der Waals surface area (Å²) in [6.07, 6.45) is 0.976. The van der Waals surface area contributed by atoms with Gasteiger partial charge in [-0.25, -0.2) is 0 Å². The fourth-order valence-electron chi connectivity index (χ4n) is 1.85. The third-order valence-corrected chi connectivity index (χ3v) is 2.95. The quantitative estimate of drug-likeness (QED) is 0.885. The number of hydrogen-bond donors (Lipinski definition) is 2. The number of rotatable bonds is 5. The largest absolute Gasteiger partial charge is 0.366 e. The van der Waals surface area contributed by atoms with E-state index in [1.54, 1.807) is 12.1 Å². The molecule has 5 nitrogen and oxygen atoms in total. The van der Waals surface area contributed by atoms with Gasteiger partial charge in [0.25, 0.3) is 5.91 Å². The van der Waals surface area contributed by atoms with Gasteiger partial charge in [0.1, 0.15) is 5.82 Å². The number of nitrogens with one attached hydrogen (secondary N) is 2. The van der Waals surface area contributed by atoms with Crippen molar-refractivity contribution in [2.45, 2.75) is 33.2 Å². The van der Waals surface area contributed by atoms with Crippen molar-refractivity contribution in [3.63, 3.8) is 0 Å². The van der Waals surface area contributed by atoms with Crippen LogP contribution in [-0.4, -0.2) is 22.1 Å². The fraction of sp³-hybridized carbons (Fsp3) is 0.312. The van der Waals surface area contributed by atoms with E-state index in [9.17, 15) is 4.79 Å². The molecular formula is C16H20N4O. The molecule has 2 aromatic rings. The molecule has 1 heterocycles. The van der Waals surface area contributed by atoms with Gasteiger partial charge >= 0.3 is 0 Å². The molecular weight excluding hydrogens is 264 g/mol. The van der Waals surface area contributed by atoms with Crippen LogP contribution in [0.1, 0.15) is 36.8 Å². The minimum atomic E-state index is -0.261. The van der Waals surface area contributed by atoms with Crippen LogP contribution in [0.15, 0.2) is 36.4 Å². The Labute approximate surface area is 124 Å². The van der Waals surface area contributed by atoms with Gasteiger partial charge < -0.3 is 10.6 Å². The highest BCUT2D eigenvalue weighted by Crippen LogP contribution is 2.11. The monoisotopic (exact) mass is 284 g/mol. The number of anilines is 2. The predicted molar refractivity (Wildman–Crippen MR) is 84.6 cm³/mol. The summed E-state index contributed by atoms with van der Waals surface area (Å²) in [5.74, 6) is 0.400. The van der Waals surface area contributed by atoms with Gasteiger partial charge in [0.05, 0.1) is 0 Å². The van der Waals surface area contributed by atoms with Gasteiger partial charge in [-0.2, -0.15) is 0 Å². The number of aryl methyl sites for hydroxylation is 1. The SMILES string of the molecule is CCc1ccc(NC(=O)c2ccc(NC(C)C)nn2)cc1. The Morgan fingerprint density at radius 3 is 2.33 bits per heavy atom. The van der Waals surface area contributed by atoms with Gasteiger partial charge in [0.2, 0.25) is 0 Å². The summed E-state index contributed by atoms with van der Waals surface area (Å²) in [4.78, 5) is 12.1. The average Bonchev–Trinajstić information content (AvgIpc) is 2.48. The standard InChI is InChI=1S/C16H20N4O/c1-4-12-5-7-13(8-6-12)18-16(21)14-9-10-15(20-19-14)17-11(2)3/h5-11H,4H2,1-3H3,(H,17,20)(H,18,21). The summed E-state index contributed by atoms with van der Waals surface area (Å²) < 4.78 is 0. The van der Waals surface area contributed by atoms with Crippen molar-refractivity contribution in [2.75, 3.05) is 10.6 Å². The van der Waals surface area contributed by atoms with Crippen molar-refractivity contribution in [1.82, 2.24) is 10.2 Å². The zero-order valence-electron chi connectivity index (χ0n) is 12.6. The highest BCUT2D eigenvalue weighted by atomic mass is 16.1. The molecule has 1 aromatic heterocycles. The van der Waals surface area contributed by atoms with Crippen LogP contribution in [0.5, 0.6) is 0 Å². The molecule has 1 aromatic carbocycles. The maximum atomic E-state index is 12.1. The van der Waals surface area contributed by atoms with Crippen molar-refractivity contribution < 1.29 is 4.79 Å². The third-order valence-electron chi connectivity index (χ3n) is 2.95. The lowest BCUT2D eigenvalue weighted by atomic mass is 10.1. The summed E-state index contributed by atoms with van der Waals surface area (Å²) in [7, 11) is 0. The Morgan fingerprint density at radius 2 is 1.81 bits per heavy atom. The molecule has 0 aliphatic rings. The van der Waals surface area contributed by atoms with Crippen LogP contribution in [-0.2, 0) is 6.42 Å². The summed E-state index contributed by atoms with van der Waals surface area (Å²) in [6.45, 7) is 6.13. The van der Waals surface area contributed by atoms with Gasteiger partial charge in [-0.1, -0.05) is 19.1 Å².